The van der Waals surface area contributed by atoms with Crippen molar-refractivity contribution >= 4 is 17.8 Å². The molecule has 0 saturated heterocycles. The Kier molecular flexibility index (Phi) is 7.27. The van der Waals surface area contributed by atoms with E-state index in [0.717, 1.165) is 16.7 Å². The first-order valence-electron chi connectivity index (χ1n) is 10.7. The summed E-state index contributed by atoms with van der Waals surface area (Å²) in [4.78, 5) is 36.2. The van der Waals surface area contributed by atoms with Crippen molar-refractivity contribution in [3.63, 3.8) is 0 Å². The van der Waals surface area contributed by atoms with E-state index in [1.54, 1.807) is 13.8 Å². The van der Waals surface area contributed by atoms with Gasteiger partial charge in [0.25, 0.3) is 11.8 Å². The number of hydrogen-bond acceptors (Lipinski definition) is 4. The number of H-pyrrole nitrogens is 1. The van der Waals surface area contributed by atoms with E-state index in [4.69, 9.17) is 0 Å². The van der Waals surface area contributed by atoms with Gasteiger partial charge in [0.2, 0.25) is 0 Å². The summed E-state index contributed by atoms with van der Waals surface area (Å²) in [6.45, 7) is 3.26. The van der Waals surface area contributed by atoms with Crippen molar-refractivity contribution in [1.82, 2.24) is 20.8 Å². The highest BCUT2D eigenvalue weighted by Gasteiger charge is 2.32. The molecule has 8 nitrogen and oxygen atoms in total. The maximum absolute atomic E-state index is 12.8. The summed E-state index contributed by atoms with van der Waals surface area (Å²) in [5.74, 6) is -1.80. The zero-order valence-electron chi connectivity index (χ0n) is 18.9. The number of nitrogens with zero attached hydrogens (tertiary/aromatic N) is 1. The van der Waals surface area contributed by atoms with Crippen LogP contribution < -0.4 is 10.6 Å². The van der Waals surface area contributed by atoms with E-state index in [0.29, 0.717) is 6.42 Å². The molecule has 0 spiro atoms. The van der Waals surface area contributed by atoms with Crippen LogP contribution in [0.25, 0.3) is 11.1 Å². The first-order valence-corrected chi connectivity index (χ1v) is 10.7. The second-order valence-corrected chi connectivity index (χ2v) is 8.58. The molecular weight excluding hydrogens is 420 g/mol. The van der Waals surface area contributed by atoms with E-state index >= 15 is 0 Å². The summed E-state index contributed by atoms with van der Waals surface area (Å²) in [6.07, 6.45) is 0.679. The lowest BCUT2D eigenvalue weighted by atomic mass is 9.83. The molecule has 0 saturated carbocycles. The van der Waals surface area contributed by atoms with Gasteiger partial charge in [-0.05, 0) is 43.4 Å². The Bertz CT molecular complexity index is 1120. The van der Waals surface area contributed by atoms with Crippen molar-refractivity contribution in [2.45, 2.75) is 32.7 Å². The molecular formula is C25H28N4O4. The Labute approximate surface area is 192 Å². The van der Waals surface area contributed by atoms with Crippen molar-refractivity contribution in [1.29, 1.82) is 0 Å². The lowest BCUT2D eigenvalue weighted by Crippen LogP contribution is -2.41. The predicted octanol–water partition coefficient (Wildman–Crippen LogP) is 3.28. The fraction of sp³-hybridized carbons (Fsp3) is 0.280. The Balaban J connectivity index is 1.78. The van der Waals surface area contributed by atoms with Gasteiger partial charge in [0.05, 0.1) is 5.41 Å². The van der Waals surface area contributed by atoms with Gasteiger partial charge in [-0.1, -0.05) is 54.6 Å². The average Bonchev–Trinajstić information content (AvgIpc) is 3.30. The highest BCUT2D eigenvalue weighted by Crippen LogP contribution is 2.25. The molecule has 8 heteroatoms. The highest BCUT2D eigenvalue weighted by atomic mass is 16.4. The van der Waals surface area contributed by atoms with Crippen molar-refractivity contribution in [2.75, 3.05) is 7.05 Å². The molecule has 0 aliphatic carbocycles. The normalized spacial score (nSPS) is 12.1. The minimum absolute atomic E-state index is 0.0987. The van der Waals surface area contributed by atoms with Crippen LogP contribution in [0.5, 0.6) is 0 Å². The standard InChI is InChI=1S/C25H28N4O4/c1-25(2,24(32)33)15-19(27-23(31)21-14-20(28-29-21)22(30)26-3)13-16-9-11-18(12-10-16)17-7-5-4-6-8-17/h4-12,14,19H,13,15H2,1-3H3,(H,26,30)(H,27,31)(H,28,29)(H,32,33)/t19-/m1/s1. The molecule has 172 valence electrons. The number of carboxylic acid groups (broad SMARTS) is 1. The number of amides is 2. The lowest BCUT2D eigenvalue weighted by molar-refractivity contribution is -0.147. The topological polar surface area (TPSA) is 124 Å². The smallest absolute Gasteiger partial charge is 0.309 e. The second-order valence-electron chi connectivity index (χ2n) is 8.58. The third-order valence-electron chi connectivity index (χ3n) is 5.50. The van der Waals surface area contributed by atoms with E-state index in [1.807, 2.05) is 54.6 Å². The van der Waals surface area contributed by atoms with Crippen LogP contribution in [0.3, 0.4) is 0 Å². The van der Waals surface area contributed by atoms with E-state index < -0.39 is 29.2 Å². The van der Waals surface area contributed by atoms with Gasteiger partial charge in [-0.15, -0.1) is 0 Å². The second kappa shape index (κ2) is 10.1. The van der Waals surface area contributed by atoms with Crippen LogP contribution in [0.1, 0.15) is 46.8 Å². The summed E-state index contributed by atoms with van der Waals surface area (Å²) in [5.41, 5.74) is 2.34. The first kappa shape index (κ1) is 23.7. The van der Waals surface area contributed by atoms with Crippen LogP contribution in [0, 0.1) is 5.41 Å². The molecule has 0 fully saturated rings. The minimum Gasteiger partial charge on any atom is -0.481 e. The SMILES string of the molecule is CNC(=O)c1cc(C(=O)N[C@H](Cc2ccc(-c3ccccc3)cc2)CC(C)(C)C(=O)O)[nH]n1. The summed E-state index contributed by atoms with van der Waals surface area (Å²) < 4.78 is 0. The van der Waals surface area contributed by atoms with Crippen molar-refractivity contribution in [3.8, 4) is 11.1 Å². The van der Waals surface area contributed by atoms with Crippen LogP contribution in [0.15, 0.2) is 60.7 Å². The van der Waals surface area contributed by atoms with Crippen LogP contribution >= 0.6 is 0 Å². The predicted molar refractivity (Wildman–Crippen MR) is 125 cm³/mol. The van der Waals surface area contributed by atoms with Crippen LogP contribution in [0.4, 0.5) is 0 Å². The molecule has 2 amide bonds. The number of aromatic amines is 1. The quantitative estimate of drug-likeness (QED) is 0.400. The van der Waals surface area contributed by atoms with Crippen LogP contribution in [0.2, 0.25) is 0 Å². The fourth-order valence-electron chi connectivity index (χ4n) is 3.57. The van der Waals surface area contributed by atoms with E-state index in [9.17, 15) is 19.5 Å². The molecule has 3 aromatic rings. The number of aliphatic carboxylic acids is 1. The third-order valence-corrected chi connectivity index (χ3v) is 5.50. The number of carbonyl (C=O) groups is 3. The Morgan fingerprint density at radius 2 is 1.64 bits per heavy atom. The highest BCUT2D eigenvalue weighted by molar-refractivity contribution is 5.97. The maximum atomic E-state index is 12.8. The molecule has 1 heterocycles. The minimum atomic E-state index is -1.04. The van der Waals surface area contributed by atoms with Gasteiger partial charge in [-0.25, -0.2) is 0 Å². The van der Waals surface area contributed by atoms with Gasteiger partial charge >= 0.3 is 5.97 Å². The van der Waals surface area contributed by atoms with Gasteiger partial charge in [0.1, 0.15) is 5.69 Å². The summed E-state index contributed by atoms with van der Waals surface area (Å²) >= 11 is 0. The fourth-order valence-corrected chi connectivity index (χ4v) is 3.57. The molecule has 0 radical (unpaired) electrons. The Morgan fingerprint density at radius 3 is 2.24 bits per heavy atom. The summed E-state index contributed by atoms with van der Waals surface area (Å²) in [5, 5.41) is 21.4. The van der Waals surface area contributed by atoms with Crippen LogP contribution in [-0.2, 0) is 11.2 Å². The number of benzene rings is 2. The molecule has 33 heavy (non-hydrogen) atoms. The molecule has 0 bridgehead atoms. The maximum Gasteiger partial charge on any atom is 0.309 e. The number of carbonyl (C=O) groups excluding carboxylic acids is 2. The summed E-state index contributed by atoms with van der Waals surface area (Å²) in [6, 6.07) is 18.9. The average molecular weight is 449 g/mol. The largest absolute Gasteiger partial charge is 0.481 e. The lowest BCUT2D eigenvalue weighted by Gasteiger charge is -2.27. The molecule has 4 N–H and O–H groups in total. The zero-order valence-corrected chi connectivity index (χ0v) is 18.9. The first-order chi connectivity index (χ1) is 15.7. The molecule has 1 aromatic heterocycles. The number of hydrogen-bond donors (Lipinski definition) is 4. The van der Waals surface area contributed by atoms with Gasteiger partial charge in [-0.3, -0.25) is 19.5 Å². The Morgan fingerprint density at radius 1 is 1.00 bits per heavy atom. The molecule has 0 aliphatic rings. The number of aromatic nitrogens is 2. The Hall–Kier alpha value is -3.94. The molecule has 0 unspecified atom stereocenters. The van der Waals surface area contributed by atoms with Gasteiger partial charge in [0, 0.05) is 19.2 Å². The van der Waals surface area contributed by atoms with Crippen LogP contribution in [-0.4, -0.2) is 46.2 Å². The molecule has 2 aromatic carbocycles. The van der Waals surface area contributed by atoms with Gasteiger partial charge in [0.15, 0.2) is 5.69 Å². The number of rotatable bonds is 9. The number of carboxylic acids is 1. The van der Waals surface area contributed by atoms with Gasteiger partial charge in [-0.2, -0.15) is 5.10 Å². The monoisotopic (exact) mass is 448 g/mol. The van der Waals surface area contributed by atoms with E-state index in [-0.39, 0.29) is 17.8 Å². The van der Waals surface area contributed by atoms with Gasteiger partial charge < -0.3 is 15.7 Å². The van der Waals surface area contributed by atoms with Crippen molar-refractivity contribution in [2.24, 2.45) is 5.41 Å². The molecule has 1 atom stereocenters. The van der Waals surface area contributed by atoms with E-state index in [2.05, 4.69) is 20.8 Å². The van der Waals surface area contributed by atoms with Crippen molar-refractivity contribution in [3.05, 3.63) is 77.6 Å². The molecule has 3 rings (SSSR count). The summed E-state index contributed by atoms with van der Waals surface area (Å²) in [7, 11) is 1.48. The zero-order chi connectivity index (χ0) is 24.0. The molecule has 0 aliphatic heterocycles. The number of nitrogens with one attached hydrogen (secondary N) is 3. The van der Waals surface area contributed by atoms with Crippen molar-refractivity contribution < 1.29 is 19.5 Å². The third kappa shape index (κ3) is 6.06. The van der Waals surface area contributed by atoms with E-state index in [1.165, 1.54) is 13.1 Å².